The molecule has 92 valence electrons. The SMILES string of the molecule is COC(c1nc(CNC(C)C)cs1)C(C)C. The first-order valence-corrected chi connectivity index (χ1v) is 6.63. The van der Waals surface area contributed by atoms with E-state index in [1.165, 1.54) is 0 Å². The van der Waals surface area contributed by atoms with Crippen LogP contribution in [0.3, 0.4) is 0 Å². The van der Waals surface area contributed by atoms with Gasteiger partial charge in [0.1, 0.15) is 11.1 Å². The van der Waals surface area contributed by atoms with Crippen molar-refractivity contribution in [3.05, 3.63) is 16.1 Å². The second kappa shape index (κ2) is 6.33. The van der Waals surface area contributed by atoms with Gasteiger partial charge in [0.25, 0.3) is 0 Å². The van der Waals surface area contributed by atoms with Gasteiger partial charge in [0.15, 0.2) is 0 Å². The summed E-state index contributed by atoms with van der Waals surface area (Å²) in [5, 5.41) is 6.56. The van der Waals surface area contributed by atoms with Crippen LogP contribution in [0.2, 0.25) is 0 Å². The minimum atomic E-state index is 0.123. The van der Waals surface area contributed by atoms with Gasteiger partial charge in [0, 0.05) is 25.1 Å². The lowest BCUT2D eigenvalue weighted by atomic mass is 10.1. The molecule has 1 N–H and O–H groups in total. The number of aromatic nitrogens is 1. The van der Waals surface area contributed by atoms with Crippen molar-refractivity contribution in [3.8, 4) is 0 Å². The van der Waals surface area contributed by atoms with Crippen LogP contribution in [0.1, 0.15) is 44.5 Å². The molecular formula is C12H22N2OS. The largest absolute Gasteiger partial charge is 0.374 e. The molecule has 0 radical (unpaired) electrons. The lowest BCUT2D eigenvalue weighted by Crippen LogP contribution is -2.22. The normalized spacial score (nSPS) is 13.7. The third kappa shape index (κ3) is 3.85. The molecule has 0 aliphatic heterocycles. The van der Waals surface area contributed by atoms with Crippen molar-refractivity contribution in [3.63, 3.8) is 0 Å². The van der Waals surface area contributed by atoms with Gasteiger partial charge in [-0.25, -0.2) is 4.98 Å². The number of hydrogen-bond acceptors (Lipinski definition) is 4. The van der Waals surface area contributed by atoms with E-state index in [9.17, 15) is 0 Å². The summed E-state index contributed by atoms with van der Waals surface area (Å²) in [6.45, 7) is 9.42. The predicted octanol–water partition coefficient (Wildman–Crippen LogP) is 2.98. The number of nitrogens with zero attached hydrogens (tertiary/aromatic N) is 1. The first kappa shape index (κ1) is 13.6. The molecule has 0 aliphatic rings. The molecule has 1 aromatic rings. The standard InChI is InChI=1S/C12H22N2OS/c1-8(2)11(15-5)12-14-10(7-16-12)6-13-9(3)4/h7-9,11,13H,6H2,1-5H3. The minimum absolute atomic E-state index is 0.123. The molecule has 0 spiro atoms. The maximum atomic E-state index is 5.46. The van der Waals surface area contributed by atoms with Crippen molar-refractivity contribution < 1.29 is 4.74 Å². The Bertz CT molecular complexity index is 310. The maximum absolute atomic E-state index is 5.46. The van der Waals surface area contributed by atoms with E-state index in [0.29, 0.717) is 12.0 Å². The van der Waals surface area contributed by atoms with Crippen LogP contribution in [0, 0.1) is 5.92 Å². The van der Waals surface area contributed by atoms with E-state index in [0.717, 1.165) is 17.2 Å². The third-order valence-corrected chi connectivity index (χ3v) is 3.32. The summed E-state index contributed by atoms with van der Waals surface area (Å²) in [6, 6.07) is 0.494. The Morgan fingerprint density at radius 1 is 1.38 bits per heavy atom. The summed E-state index contributed by atoms with van der Waals surface area (Å²) in [6.07, 6.45) is 0.123. The second-order valence-corrected chi connectivity index (χ2v) is 5.50. The Morgan fingerprint density at radius 3 is 2.56 bits per heavy atom. The zero-order valence-corrected chi connectivity index (χ0v) is 11.6. The quantitative estimate of drug-likeness (QED) is 0.832. The highest BCUT2D eigenvalue weighted by molar-refractivity contribution is 7.09. The van der Waals surface area contributed by atoms with Crippen molar-refractivity contribution in [2.24, 2.45) is 5.92 Å². The summed E-state index contributed by atoms with van der Waals surface area (Å²) in [4.78, 5) is 4.61. The first-order valence-electron chi connectivity index (χ1n) is 5.75. The number of methoxy groups -OCH3 is 1. The average molecular weight is 242 g/mol. The van der Waals surface area contributed by atoms with Crippen molar-refractivity contribution in [1.82, 2.24) is 10.3 Å². The fourth-order valence-electron chi connectivity index (χ4n) is 1.50. The summed E-state index contributed by atoms with van der Waals surface area (Å²) >= 11 is 1.69. The van der Waals surface area contributed by atoms with E-state index in [1.54, 1.807) is 18.4 Å². The van der Waals surface area contributed by atoms with Crippen molar-refractivity contribution in [1.29, 1.82) is 0 Å². The highest BCUT2D eigenvalue weighted by Crippen LogP contribution is 2.27. The molecule has 4 heteroatoms. The Kier molecular flexibility index (Phi) is 5.38. The lowest BCUT2D eigenvalue weighted by Gasteiger charge is -2.16. The zero-order chi connectivity index (χ0) is 12.1. The molecule has 1 rings (SSSR count). The average Bonchev–Trinajstić information content (AvgIpc) is 2.64. The van der Waals surface area contributed by atoms with E-state index >= 15 is 0 Å². The van der Waals surface area contributed by atoms with Crippen LogP contribution < -0.4 is 5.32 Å². The molecular weight excluding hydrogens is 220 g/mol. The zero-order valence-electron chi connectivity index (χ0n) is 10.8. The molecule has 0 aliphatic carbocycles. The maximum Gasteiger partial charge on any atom is 0.122 e. The van der Waals surface area contributed by atoms with Gasteiger partial charge in [-0.1, -0.05) is 27.7 Å². The van der Waals surface area contributed by atoms with Crippen molar-refractivity contribution in [2.45, 2.75) is 46.4 Å². The lowest BCUT2D eigenvalue weighted by molar-refractivity contribution is 0.0643. The Hall–Kier alpha value is -0.450. The van der Waals surface area contributed by atoms with Gasteiger partial charge >= 0.3 is 0 Å². The molecule has 0 saturated heterocycles. The van der Waals surface area contributed by atoms with Gasteiger partial charge in [-0.15, -0.1) is 11.3 Å². The second-order valence-electron chi connectivity index (χ2n) is 4.61. The van der Waals surface area contributed by atoms with E-state index in [2.05, 4.69) is 43.4 Å². The molecule has 3 nitrogen and oxygen atoms in total. The minimum Gasteiger partial charge on any atom is -0.374 e. The summed E-state index contributed by atoms with van der Waals surface area (Å²) in [5.41, 5.74) is 1.11. The van der Waals surface area contributed by atoms with Gasteiger partial charge in [-0.05, 0) is 5.92 Å². The summed E-state index contributed by atoms with van der Waals surface area (Å²) in [7, 11) is 1.75. The molecule has 0 aromatic carbocycles. The van der Waals surface area contributed by atoms with E-state index < -0.39 is 0 Å². The van der Waals surface area contributed by atoms with Crippen LogP contribution in [-0.4, -0.2) is 18.1 Å². The van der Waals surface area contributed by atoms with Crippen LogP contribution in [0.15, 0.2) is 5.38 Å². The first-order chi connectivity index (χ1) is 7.54. The van der Waals surface area contributed by atoms with Gasteiger partial charge in [-0.2, -0.15) is 0 Å². The van der Waals surface area contributed by atoms with Gasteiger partial charge < -0.3 is 10.1 Å². The molecule has 16 heavy (non-hydrogen) atoms. The Morgan fingerprint density at radius 2 is 2.06 bits per heavy atom. The van der Waals surface area contributed by atoms with E-state index in [4.69, 9.17) is 4.74 Å². The summed E-state index contributed by atoms with van der Waals surface area (Å²) in [5.74, 6) is 0.460. The number of rotatable bonds is 6. The molecule has 1 atom stereocenters. The molecule has 0 bridgehead atoms. The Balaban J connectivity index is 2.62. The highest BCUT2D eigenvalue weighted by atomic mass is 32.1. The monoisotopic (exact) mass is 242 g/mol. The predicted molar refractivity (Wildman–Crippen MR) is 68.7 cm³/mol. The van der Waals surface area contributed by atoms with Crippen LogP contribution in [0.5, 0.6) is 0 Å². The van der Waals surface area contributed by atoms with Crippen molar-refractivity contribution >= 4 is 11.3 Å². The highest BCUT2D eigenvalue weighted by Gasteiger charge is 2.18. The van der Waals surface area contributed by atoms with Gasteiger partial charge in [0.05, 0.1) is 5.69 Å². The van der Waals surface area contributed by atoms with Crippen LogP contribution >= 0.6 is 11.3 Å². The van der Waals surface area contributed by atoms with Crippen molar-refractivity contribution in [2.75, 3.05) is 7.11 Å². The molecule has 1 heterocycles. The van der Waals surface area contributed by atoms with E-state index in [-0.39, 0.29) is 6.10 Å². The number of hydrogen-bond donors (Lipinski definition) is 1. The molecule has 1 aromatic heterocycles. The van der Waals surface area contributed by atoms with Crippen LogP contribution in [-0.2, 0) is 11.3 Å². The Labute approximate surface area is 102 Å². The van der Waals surface area contributed by atoms with Crippen LogP contribution in [0.4, 0.5) is 0 Å². The number of nitrogens with one attached hydrogen (secondary N) is 1. The summed E-state index contributed by atoms with van der Waals surface area (Å²) < 4.78 is 5.46. The molecule has 0 saturated carbocycles. The van der Waals surface area contributed by atoms with E-state index in [1.807, 2.05) is 0 Å². The number of thiazole rings is 1. The smallest absolute Gasteiger partial charge is 0.122 e. The molecule has 1 unspecified atom stereocenters. The number of ether oxygens (including phenoxy) is 1. The molecule has 0 fully saturated rings. The fourth-order valence-corrected chi connectivity index (χ4v) is 2.57. The third-order valence-electron chi connectivity index (χ3n) is 2.36. The van der Waals surface area contributed by atoms with Gasteiger partial charge in [0.2, 0.25) is 0 Å². The molecule has 0 amide bonds. The topological polar surface area (TPSA) is 34.1 Å². The van der Waals surface area contributed by atoms with Gasteiger partial charge in [-0.3, -0.25) is 0 Å². The fraction of sp³-hybridized carbons (Fsp3) is 0.750. The van der Waals surface area contributed by atoms with Crippen LogP contribution in [0.25, 0.3) is 0 Å².